The molecule has 0 aromatic heterocycles. The third kappa shape index (κ3) is 2.64. The highest BCUT2D eigenvalue weighted by atomic mass is 15.0. The van der Waals surface area contributed by atoms with Crippen molar-refractivity contribution in [3.05, 3.63) is 0 Å². The fourth-order valence-electron chi connectivity index (χ4n) is 7.55. The first kappa shape index (κ1) is 18.3. The van der Waals surface area contributed by atoms with Crippen molar-refractivity contribution in [1.82, 2.24) is 10.6 Å². The van der Waals surface area contributed by atoms with Crippen LogP contribution in [0.4, 0.5) is 0 Å². The molecule has 0 heterocycles. The van der Waals surface area contributed by atoms with Crippen molar-refractivity contribution in [2.45, 2.75) is 92.2 Å². The molecule has 0 aliphatic heterocycles. The van der Waals surface area contributed by atoms with E-state index in [1.165, 1.54) is 45.1 Å². The summed E-state index contributed by atoms with van der Waals surface area (Å²) < 4.78 is 0. The van der Waals surface area contributed by atoms with Gasteiger partial charge in [-0.3, -0.25) is 0 Å². The summed E-state index contributed by atoms with van der Waals surface area (Å²) in [6.07, 6.45) is 8.71. The SMILES string of the molecule is CC(CNC[C@@H]1CC[C@H]2C[C@@H]1C2(C)C)N[C@H]1C[C@H]2CC[C@]1(C)C2(C)C. The maximum absolute atomic E-state index is 4.02. The standard InChI is InChI=1S/C23H42N2/c1-15(25-20-12-18-9-10-23(20,6)22(18,4)5)13-24-14-16-7-8-17-11-19(16)21(17,2)3/h15-20,24-25H,7-14H2,1-6H3/t15?,16-,17-,18+,19-,20-,23-/m0/s1. The Hall–Kier alpha value is -0.0800. The van der Waals surface area contributed by atoms with Gasteiger partial charge >= 0.3 is 0 Å². The maximum Gasteiger partial charge on any atom is 0.0167 e. The van der Waals surface area contributed by atoms with Crippen LogP contribution in [0.1, 0.15) is 80.1 Å². The van der Waals surface area contributed by atoms with E-state index in [9.17, 15) is 0 Å². The molecule has 2 N–H and O–H groups in total. The quantitative estimate of drug-likeness (QED) is 0.719. The van der Waals surface area contributed by atoms with Crippen molar-refractivity contribution in [3.8, 4) is 0 Å². The summed E-state index contributed by atoms with van der Waals surface area (Å²) in [5.41, 5.74) is 1.64. The molecule has 144 valence electrons. The molecular weight excluding hydrogens is 304 g/mol. The minimum absolute atomic E-state index is 0.500. The lowest BCUT2D eigenvalue weighted by Crippen LogP contribution is -2.55. The molecule has 2 nitrogen and oxygen atoms in total. The molecule has 5 aliphatic carbocycles. The first-order chi connectivity index (χ1) is 11.7. The van der Waals surface area contributed by atoms with Gasteiger partial charge in [0.2, 0.25) is 0 Å². The smallest absolute Gasteiger partial charge is 0.0167 e. The summed E-state index contributed by atoms with van der Waals surface area (Å²) in [5, 5.41) is 7.86. The zero-order valence-corrected chi connectivity index (χ0v) is 17.6. The Morgan fingerprint density at radius 1 is 0.960 bits per heavy atom. The largest absolute Gasteiger partial charge is 0.315 e. The van der Waals surface area contributed by atoms with Crippen molar-refractivity contribution in [3.63, 3.8) is 0 Å². The first-order valence-corrected chi connectivity index (χ1v) is 11.1. The topological polar surface area (TPSA) is 24.1 Å². The van der Waals surface area contributed by atoms with Crippen LogP contribution < -0.4 is 10.6 Å². The molecule has 4 bridgehead atoms. The van der Waals surface area contributed by atoms with Crippen LogP contribution >= 0.6 is 0 Å². The fraction of sp³-hybridized carbons (Fsp3) is 1.00. The van der Waals surface area contributed by atoms with E-state index in [1.54, 1.807) is 0 Å². The average molecular weight is 347 g/mol. The Kier molecular flexibility index (Phi) is 4.36. The summed E-state index contributed by atoms with van der Waals surface area (Å²) in [7, 11) is 0. The number of hydrogen-bond acceptors (Lipinski definition) is 2. The third-order valence-electron chi connectivity index (χ3n) is 10.1. The summed E-state index contributed by atoms with van der Waals surface area (Å²) >= 11 is 0. The van der Waals surface area contributed by atoms with E-state index < -0.39 is 0 Å². The molecule has 0 spiro atoms. The number of rotatable bonds is 6. The van der Waals surface area contributed by atoms with Crippen molar-refractivity contribution >= 4 is 0 Å². The van der Waals surface area contributed by atoms with Crippen LogP contribution in [0.3, 0.4) is 0 Å². The number of hydrogen-bond donors (Lipinski definition) is 2. The second kappa shape index (κ2) is 5.96. The van der Waals surface area contributed by atoms with Crippen LogP contribution in [-0.4, -0.2) is 25.2 Å². The predicted octanol–water partition coefficient (Wildman–Crippen LogP) is 4.84. The molecular formula is C23H42N2. The Morgan fingerprint density at radius 3 is 2.28 bits per heavy atom. The fourth-order valence-corrected chi connectivity index (χ4v) is 7.55. The summed E-state index contributed by atoms with van der Waals surface area (Å²) in [6, 6.07) is 1.31. The van der Waals surface area contributed by atoms with Gasteiger partial charge in [-0.1, -0.05) is 34.6 Å². The second-order valence-corrected chi connectivity index (χ2v) is 11.6. The van der Waals surface area contributed by atoms with E-state index in [0.29, 0.717) is 22.3 Å². The van der Waals surface area contributed by atoms with Crippen molar-refractivity contribution in [2.75, 3.05) is 13.1 Å². The minimum Gasteiger partial charge on any atom is -0.315 e. The third-order valence-corrected chi connectivity index (χ3v) is 10.1. The van der Waals surface area contributed by atoms with E-state index in [1.807, 2.05) is 0 Å². The molecule has 25 heavy (non-hydrogen) atoms. The average Bonchev–Trinajstić information content (AvgIpc) is 2.88. The van der Waals surface area contributed by atoms with Gasteiger partial charge in [-0.2, -0.15) is 0 Å². The highest BCUT2D eigenvalue weighted by molar-refractivity contribution is 5.13. The molecule has 0 amide bonds. The van der Waals surface area contributed by atoms with Gasteiger partial charge in [0.25, 0.3) is 0 Å². The van der Waals surface area contributed by atoms with Crippen LogP contribution in [0.2, 0.25) is 0 Å². The van der Waals surface area contributed by atoms with Gasteiger partial charge in [-0.15, -0.1) is 0 Å². The Labute approximate surface area is 156 Å². The van der Waals surface area contributed by atoms with Gasteiger partial charge < -0.3 is 10.6 Å². The molecule has 2 heteroatoms. The highest BCUT2D eigenvalue weighted by Gasteiger charge is 2.61. The minimum atomic E-state index is 0.500. The molecule has 0 aromatic rings. The van der Waals surface area contributed by atoms with E-state index >= 15 is 0 Å². The zero-order chi connectivity index (χ0) is 18.0. The summed E-state index contributed by atoms with van der Waals surface area (Å²) in [6.45, 7) is 17.4. The van der Waals surface area contributed by atoms with Gasteiger partial charge in [-0.05, 0) is 91.9 Å². The molecule has 5 aliphatic rings. The lowest BCUT2D eigenvalue weighted by atomic mass is 9.45. The van der Waals surface area contributed by atoms with Gasteiger partial charge in [0, 0.05) is 18.6 Å². The van der Waals surface area contributed by atoms with E-state index in [2.05, 4.69) is 52.2 Å². The lowest BCUT2D eigenvalue weighted by Gasteiger charge is -2.60. The van der Waals surface area contributed by atoms with Crippen LogP contribution in [0.25, 0.3) is 0 Å². The van der Waals surface area contributed by atoms with E-state index in [0.717, 1.165) is 36.3 Å². The van der Waals surface area contributed by atoms with Crippen LogP contribution in [0.5, 0.6) is 0 Å². The maximum atomic E-state index is 4.02. The molecule has 7 atom stereocenters. The highest BCUT2D eigenvalue weighted by Crippen LogP contribution is 2.65. The van der Waals surface area contributed by atoms with Crippen LogP contribution in [-0.2, 0) is 0 Å². The van der Waals surface area contributed by atoms with Gasteiger partial charge in [0.1, 0.15) is 0 Å². The van der Waals surface area contributed by atoms with E-state index in [4.69, 9.17) is 0 Å². The molecule has 5 saturated carbocycles. The summed E-state index contributed by atoms with van der Waals surface area (Å²) in [4.78, 5) is 0. The Bertz CT molecular complexity index is 508. The lowest BCUT2D eigenvalue weighted by molar-refractivity contribution is -0.103. The summed E-state index contributed by atoms with van der Waals surface area (Å²) in [5.74, 6) is 3.86. The monoisotopic (exact) mass is 346 g/mol. The van der Waals surface area contributed by atoms with Gasteiger partial charge in [-0.25, -0.2) is 0 Å². The number of fused-ring (bicyclic) bond motifs is 4. The van der Waals surface area contributed by atoms with Crippen molar-refractivity contribution in [2.24, 2.45) is 39.9 Å². The van der Waals surface area contributed by atoms with E-state index in [-0.39, 0.29) is 0 Å². The van der Waals surface area contributed by atoms with Crippen molar-refractivity contribution < 1.29 is 0 Å². The van der Waals surface area contributed by atoms with Crippen LogP contribution in [0.15, 0.2) is 0 Å². The number of nitrogens with one attached hydrogen (secondary N) is 2. The molecule has 0 aromatic carbocycles. The molecule has 0 radical (unpaired) electrons. The van der Waals surface area contributed by atoms with Gasteiger partial charge in [0.15, 0.2) is 0 Å². The van der Waals surface area contributed by atoms with Gasteiger partial charge in [0.05, 0.1) is 0 Å². The Balaban J connectivity index is 1.23. The molecule has 5 rings (SSSR count). The molecule has 1 unspecified atom stereocenters. The Morgan fingerprint density at radius 2 is 1.72 bits per heavy atom. The molecule has 5 fully saturated rings. The first-order valence-electron chi connectivity index (χ1n) is 11.1. The molecule has 0 saturated heterocycles. The normalized spacial score (nSPS) is 47.5. The predicted molar refractivity (Wildman–Crippen MR) is 107 cm³/mol. The zero-order valence-electron chi connectivity index (χ0n) is 17.6. The van der Waals surface area contributed by atoms with Crippen LogP contribution in [0, 0.1) is 39.9 Å². The van der Waals surface area contributed by atoms with Crippen molar-refractivity contribution in [1.29, 1.82) is 0 Å². The second-order valence-electron chi connectivity index (χ2n) is 11.6.